The summed E-state index contributed by atoms with van der Waals surface area (Å²) < 4.78 is 17.1. The third-order valence-electron chi connectivity index (χ3n) is 3.83. The first-order valence-corrected chi connectivity index (χ1v) is 8.95. The van der Waals surface area contributed by atoms with Crippen LogP contribution in [0.15, 0.2) is 84.9 Å². The van der Waals surface area contributed by atoms with Gasteiger partial charge in [-0.3, -0.25) is 4.79 Å². The van der Waals surface area contributed by atoms with Crippen LogP contribution < -0.4 is 19.9 Å². The standard InChI is InChI=1S/C22H16N4O4/c23-19(27)15-11-13-18(14-12-15)30-22-25-20(28-16-7-3-1-4-8-16)24-21(26-22)29-17-9-5-2-6-10-17/h1-14H,(H2,23,27). The summed E-state index contributed by atoms with van der Waals surface area (Å²) in [6.45, 7) is 0. The van der Waals surface area contributed by atoms with E-state index in [9.17, 15) is 4.79 Å². The first-order chi connectivity index (χ1) is 14.7. The second-order valence-corrected chi connectivity index (χ2v) is 6.00. The summed E-state index contributed by atoms with van der Waals surface area (Å²) in [6, 6.07) is 24.4. The minimum absolute atomic E-state index is 0.00545. The van der Waals surface area contributed by atoms with Crippen LogP contribution in [0, 0.1) is 0 Å². The summed E-state index contributed by atoms with van der Waals surface area (Å²) in [4.78, 5) is 23.8. The van der Waals surface area contributed by atoms with Crippen LogP contribution in [0.4, 0.5) is 0 Å². The summed E-state index contributed by atoms with van der Waals surface area (Å²) in [7, 11) is 0. The van der Waals surface area contributed by atoms with E-state index < -0.39 is 5.91 Å². The summed E-state index contributed by atoms with van der Waals surface area (Å²) in [5, 5.41) is 0. The van der Waals surface area contributed by atoms with Crippen LogP contribution in [0.25, 0.3) is 0 Å². The van der Waals surface area contributed by atoms with E-state index in [0.717, 1.165) is 0 Å². The van der Waals surface area contributed by atoms with Gasteiger partial charge in [-0.2, -0.15) is 0 Å². The highest BCUT2D eigenvalue weighted by molar-refractivity contribution is 5.92. The lowest BCUT2D eigenvalue weighted by Crippen LogP contribution is -2.10. The van der Waals surface area contributed by atoms with Crippen LogP contribution in [-0.2, 0) is 0 Å². The molecule has 1 aromatic heterocycles. The second-order valence-electron chi connectivity index (χ2n) is 6.00. The molecule has 30 heavy (non-hydrogen) atoms. The number of nitrogens with two attached hydrogens (primary N) is 1. The molecule has 0 aliphatic heterocycles. The van der Waals surface area contributed by atoms with E-state index in [0.29, 0.717) is 22.8 Å². The van der Waals surface area contributed by atoms with Gasteiger partial charge in [-0.05, 0) is 48.5 Å². The Labute approximate surface area is 171 Å². The fraction of sp³-hybridized carbons (Fsp3) is 0. The molecule has 0 bridgehead atoms. The van der Waals surface area contributed by atoms with E-state index in [1.165, 1.54) is 0 Å². The first-order valence-electron chi connectivity index (χ1n) is 8.95. The molecular weight excluding hydrogens is 384 g/mol. The molecule has 0 spiro atoms. The van der Waals surface area contributed by atoms with Crippen molar-refractivity contribution in [1.82, 2.24) is 15.0 Å². The molecule has 4 aromatic rings. The zero-order valence-electron chi connectivity index (χ0n) is 15.6. The Morgan fingerprint density at radius 1 is 0.567 bits per heavy atom. The average Bonchev–Trinajstić information content (AvgIpc) is 2.75. The number of benzene rings is 3. The predicted octanol–water partition coefficient (Wildman–Crippen LogP) is 4.35. The van der Waals surface area contributed by atoms with E-state index in [4.69, 9.17) is 19.9 Å². The van der Waals surface area contributed by atoms with Crippen LogP contribution in [-0.4, -0.2) is 20.9 Å². The Kier molecular flexibility index (Phi) is 5.47. The van der Waals surface area contributed by atoms with Gasteiger partial charge in [0.05, 0.1) is 0 Å². The van der Waals surface area contributed by atoms with Crippen LogP contribution in [0.5, 0.6) is 35.3 Å². The average molecular weight is 400 g/mol. The van der Waals surface area contributed by atoms with Gasteiger partial charge in [-0.25, -0.2) is 0 Å². The van der Waals surface area contributed by atoms with Crippen LogP contribution >= 0.6 is 0 Å². The molecule has 4 rings (SSSR count). The van der Waals surface area contributed by atoms with Gasteiger partial charge in [0.2, 0.25) is 5.91 Å². The van der Waals surface area contributed by atoms with Gasteiger partial charge in [0.25, 0.3) is 0 Å². The molecule has 0 fully saturated rings. The Bertz CT molecular complexity index is 1080. The van der Waals surface area contributed by atoms with Crippen molar-refractivity contribution in [2.24, 2.45) is 5.73 Å². The normalized spacial score (nSPS) is 10.3. The third-order valence-corrected chi connectivity index (χ3v) is 3.83. The lowest BCUT2D eigenvalue weighted by atomic mass is 10.2. The van der Waals surface area contributed by atoms with Crippen molar-refractivity contribution in [3.8, 4) is 35.3 Å². The number of ether oxygens (including phenoxy) is 3. The molecule has 0 saturated heterocycles. The minimum Gasteiger partial charge on any atom is -0.424 e. The molecule has 0 atom stereocenters. The number of carbonyl (C=O) groups excluding carboxylic acids is 1. The lowest BCUT2D eigenvalue weighted by molar-refractivity contribution is 0.100. The molecule has 8 nitrogen and oxygen atoms in total. The number of hydrogen-bond donors (Lipinski definition) is 1. The van der Waals surface area contributed by atoms with Crippen LogP contribution in [0.3, 0.4) is 0 Å². The summed E-state index contributed by atoms with van der Waals surface area (Å²) in [5.74, 6) is 0.971. The Morgan fingerprint density at radius 2 is 0.933 bits per heavy atom. The number of hydrogen-bond acceptors (Lipinski definition) is 7. The summed E-state index contributed by atoms with van der Waals surface area (Å²) >= 11 is 0. The molecule has 148 valence electrons. The molecule has 0 aliphatic carbocycles. The van der Waals surface area contributed by atoms with E-state index >= 15 is 0 Å². The van der Waals surface area contributed by atoms with Crippen molar-refractivity contribution in [2.75, 3.05) is 0 Å². The van der Waals surface area contributed by atoms with Crippen molar-refractivity contribution >= 4 is 5.91 Å². The Hall–Kier alpha value is -4.46. The fourth-order valence-corrected chi connectivity index (χ4v) is 2.44. The number of aromatic nitrogens is 3. The number of rotatable bonds is 7. The van der Waals surface area contributed by atoms with E-state index in [-0.39, 0.29) is 18.0 Å². The third kappa shape index (κ3) is 4.87. The molecule has 0 saturated carbocycles. The molecule has 3 aromatic carbocycles. The molecule has 1 amide bonds. The molecule has 0 radical (unpaired) electrons. The van der Waals surface area contributed by atoms with Gasteiger partial charge >= 0.3 is 18.0 Å². The second kappa shape index (κ2) is 8.70. The highest BCUT2D eigenvalue weighted by Gasteiger charge is 2.13. The van der Waals surface area contributed by atoms with Gasteiger partial charge in [0, 0.05) is 5.56 Å². The molecule has 0 unspecified atom stereocenters. The van der Waals surface area contributed by atoms with Crippen molar-refractivity contribution < 1.29 is 19.0 Å². The predicted molar refractivity (Wildman–Crippen MR) is 108 cm³/mol. The Balaban J connectivity index is 1.62. The minimum atomic E-state index is -0.529. The zero-order valence-corrected chi connectivity index (χ0v) is 15.6. The van der Waals surface area contributed by atoms with Gasteiger partial charge in [0.15, 0.2) is 0 Å². The smallest absolute Gasteiger partial charge is 0.331 e. The van der Waals surface area contributed by atoms with Gasteiger partial charge in [-0.1, -0.05) is 36.4 Å². The summed E-state index contributed by atoms with van der Waals surface area (Å²) in [5.41, 5.74) is 5.62. The quantitative estimate of drug-likeness (QED) is 0.491. The van der Waals surface area contributed by atoms with E-state index in [1.807, 2.05) is 36.4 Å². The van der Waals surface area contributed by atoms with Crippen molar-refractivity contribution in [1.29, 1.82) is 0 Å². The molecular formula is C22H16N4O4. The van der Waals surface area contributed by atoms with Crippen molar-refractivity contribution in [2.45, 2.75) is 0 Å². The maximum Gasteiger partial charge on any atom is 0.331 e. The molecule has 0 aliphatic rings. The SMILES string of the molecule is NC(=O)c1ccc(Oc2nc(Oc3ccccc3)nc(Oc3ccccc3)n2)cc1. The highest BCUT2D eigenvalue weighted by Crippen LogP contribution is 2.26. The number of amides is 1. The van der Waals surface area contributed by atoms with Crippen molar-refractivity contribution in [3.05, 3.63) is 90.5 Å². The zero-order chi connectivity index (χ0) is 20.8. The highest BCUT2D eigenvalue weighted by atomic mass is 16.5. The number of nitrogens with zero attached hydrogens (tertiary/aromatic N) is 3. The van der Waals surface area contributed by atoms with Crippen molar-refractivity contribution in [3.63, 3.8) is 0 Å². The van der Waals surface area contributed by atoms with E-state index in [1.54, 1.807) is 48.5 Å². The monoisotopic (exact) mass is 400 g/mol. The summed E-state index contributed by atoms with van der Waals surface area (Å²) in [6.07, 6.45) is 0. The van der Waals surface area contributed by atoms with E-state index in [2.05, 4.69) is 15.0 Å². The molecule has 2 N–H and O–H groups in total. The fourth-order valence-electron chi connectivity index (χ4n) is 2.44. The molecule has 8 heteroatoms. The lowest BCUT2D eigenvalue weighted by Gasteiger charge is -2.09. The van der Waals surface area contributed by atoms with Gasteiger partial charge in [-0.15, -0.1) is 15.0 Å². The first kappa shape index (κ1) is 18.9. The maximum absolute atomic E-state index is 11.2. The molecule has 1 heterocycles. The number of carbonyl (C=O) groups is 1. The Morgan fingerprint density at radius 3 is 1.30 bits per heavy atom. The van der Waals surface area contributed by atoms with Gasteiger partial charge < -0.3 is 19.9 Å². The van der Waals surface area contributed by atoms with Crippen LogP contribution in [0.2, 0.25) is 0 Å². The van der Waals surface area contributed by atoms with Crippen LogP contribution in [0.1, 0.15) is 10.4 Å². The largest absolute Gasteiger partial charge is 0.424 e. The topological polar surface area (TPSA) is 109 Å². The number of primary amides is 1. The number of para-hydroxylation sites is 2. The van der Waals surface area contributed by atoms with Gasteiger partial charge in [0.1, 0.15) is 17.2 Å². The maximum atomic E-state index is 11.2.